The van der Waals surface area contributed by atoms with E-state index in [1.807, 2.05) is 0 Å². The van der Waals surface area contributed by atoms with Crippen LogP contribution in [0.2, 0.25) is 0 Å². The van der Waals surface area contributed by atoms with Crippen molar-refractivity contribution >= 4 is 11.9 Å². The van der Waals surface area contributed by atoms with Gasteiger partial charge in [-0.05, 0) is 18.2 Å². The zero-order valence-corrected chi connectivity index (χ0v) is 8.28. The minimum atomic E-state index is -1.36. The highest BCUT2D eigenvalue weighted by molar-refractivity contribution is 5.89. The van der Waals surface area contributed by atoms with Crippen LogP contribution in [0, 0.1) is 17.7 Å². The molecule has 16 heavy (non-hydrogen) atoms. The summed E-state index contributed by atoms with van der Waals surface area (Å²) < 4.78 is 17.4. The molecule has 1 aromatic rings. The van der Waals surface area contributed by atoms with E-state index in [0.29, 0.717) is 0 Å². The third-order valence-corrected chi connectivity index (χ3v) is 1.69. The number of rotatable bonds is 1. The number of carbonyl (C=O) groups excluding carboxylic acids is 1. The molecule has 0 aliphatic heterocycles. The van der Waals surface area contributed by atoms with E-state index in [2.05, 4.69) is 16.6 Å². The van der Waals surface area contributed by atoms with Gasteiger partial charge < -0.3 is 9.84 Å². The normalized spacial score (nSPS) is 8.88. The second kappa shape index (κ2) is 4.94. The molecule has 5 heteroatoms. The van der Waals surface area contributed by atoms with Crippen LogP contribution in [-0.4, -0.2) is 24.2 Å². The zero-order valence-electron chi connectivity index (χ0n) is 8.28. The Morgan fingerprint density at radius 3 is 2.62 bits per heavy atom. The molecule has 0 fully saturated rings. The molecule has 82 valence electrons. The van der Waals surface area contributed by atoms with E-state index >= 15 is 0 Å². The lowest BCUT2D eigenvalue weighted by Crippen LogP contribution is -2.00. The molecule has 0 saturated carbocycles. The van der Waals surface area contributed by atoms with Crippen LogP contribution in [0.3, 0.4) is 0 Å². The van der Waals surface area contributed by atoms with Crippen molar-refractivity contribution in [2.24, 2.45) is 0 Å². The number of aromatic carboxylic acids is 1. The quantitative estimate of drug-likeness (QED) is 0.569. The smallest absolute Gasteiger partial charge is 0.384 e. The van der Waals surface area contributed by atoms with E-state index in [1.165, 1.54) is 13.2 Å². The number of benzene rings is 1. The SMILES string of the molecule is COC(=O)C#Cc1ccc(C(=O)O)c(F)c1. The fourth-order valence-electron chi connectivity index (χ4n) is 0.941. The van der Waals surface area contributed by atoms with Gasteiger partial charge >= 0.3 is 11.9 Å². The second-order valence-corrected chi connectivity index (χ2v) is 2.74. The maximum atomic E-state index is 13.1. The van der Waals surface area contributed by atoms with E-state index in [1.54, 1.807) is 0 Å². The lowest BCUT2D eigenvalue weighted by Gasteiger charge is -1.96. The van der Waals surface area contributed by atoms with Gasteiger partial charge in [-0.25, -0.2) is 14.0 Å². The molecule has 0 aliphatic rings. The molecular weight excluding hydrogens is 215 g/mol. The molecule has 0 aromatic heterocycles. The fraction of sp³-hybridized carbons (Fsp3) is 0.0909. The third-order valence-electron chi connectivity index (χ3n) is 1.69. The van der Waals surface area contributed by atoms with Crippen molar-refractivity contribution in [3.63, 3.8) is 0 Å². The van der Waals surface area contributed by atoms with E-state index in [9.17, 15) is 14.0 Å². The molecule has 1 rings (SSSR count). The number of hydrogen-bond acceptors (Lipinski definition) is 3. The Morgan fingerprint density at radius 2 is 2.12 bits per heavy atom. The van der Waals surface area contributed by atoms with Crippen molar-refractivity contribution in [1.29, 1.82) is 0 Å². The van der Waals surface area contributed by atoms with Crippen LogP contribution in [-0.2, 0) is 9.53 Å². The van der Waals surface area contributed by atoms with E-state index in [-0.39, 0.29) is 5.56 Å². The number of hydrogen-bond donors (Lipinski definition) is 1. The van der Waals surface area contributed by atoms with E-state index in [4.69, 9.17) is 5.11 Å². The monoisotopic (exact) mass is 222 g/mol. The molecule has 0 amide bonds. The van der Waals surface area contributed by atoms with Gasteiger partial charge in [0.1, 0.15) is 5.82 Å². The molecule has 0 unspecified atom stereocenters. The zero-order chi connectivity index (χ0) is 12.1. The standard InChI is InChI=1S/C11H7FO4/c1-16-10(13)5-3-7-2-4-8(11(14)15)9(12)6-7/h2,4,6H,1H3,(H,14,15). The predicted octanol–water partition coefficient (Wildman–Crippen LogP) is 1.05. The number of ether oxygens (including phenoxy) is 1. The Kier molecular flexibility index (Phi) is 3.62. The van der Waals surface area contributed by atoms with Crippen molar-refractivity contribution in [3.05, 3.63) is 35.1 Å². The van der Waals surface area contributed by atoms with Gasteiger partial charge in [-0.2, -0.15) is 0 Å². The highest BCUT2D eigenvalue weighted by Crippen LogP contribution is 2.09. The molecule has 0 spiro atoms. The summed E-state index contributed by atoms with van der Waals surface area (Å²) in [5, 5.41) is 8.56. The summed E-state index contributed by atoms with van der Waals surface area (Å²) in [6.45, 7) is 0. The molecule has 0 heterocycles. The minimum Gasteiger partial charge on any atom is -0.478 e. The average Bonchev–Trinajstić information content (AvgIpc) is 2.25. The molecule has 0 bridgehead atoms. The van der Waals surface area contributed by atoms with Gasteiger partial charge in [-0.3, -0.25) is 0 Å². The Labute approximate surface area is 90.7 Å². The maximum Gasteiger partial charge on any atom is 0.384 e. The summed E-state index contributed by atoms with van der Waals surface area (Å²) in [5.74, 6) is 1.44. The van der Waals surface area contributed by atoms with Crippen molar-refractivity contribution in [2.45, 2.75) is 0 Å². The molecule has 1 aromatic carbocycles. The summed E-state index contributed by atoms with van der Waals surface area (Å²) in [6, 6.07) is 3.33. The fourth-order valence-corrected chi connectivity index (χ4v) is 0.941. The van der Waals surface area contributed by atoms with Crippen LogP contribution < -0.4 is 0 Å². The molecule has 0 aliphatic carbocycles. The van der Waals surface area contributed by atoms with Crippen molar-refractivity contribution in [3.8, 4) is 11.8 Å². The van der Waals surface area contributed by atoms with Crippen LogP contribution in [0.5, 0.6) is 0 Å². The first-order valence-corrected chi connectivity index (χ1v) is 4.17. The van der Waals surface area contributed by atoms with Crippen molar-refractivity contribution < 1.29 is 23.8 Å². The first kappa shape index (κ1) is 11.7. The molecule has 0 radical (unpaired) electrons. The molecule has 1 N–H and O–H groups in total. The summed E-state index contributed by atoms with van der Waals surface area (Å²) in [7, 11) is 1.17. The topological polar surface area (TPSA) is 63.6 Å². The molecular formula is C11H7FO4. The van der Waals surface area contributed by atoms with Crippen LogP contribution in [0.1, 0.15) is 15.9 Å². The van der Waals surface area contributed by atoms with Crippen LogP contribution >= 0.6 is 0 Å². The first-order chi connectivity index (χ1) is 7.54. The number of halogens is 1. The lowest BCUT2D eigenvalue weighted by molar-refractivity contribution is -0.133. The van der Waals surface area contributed by atoms with Gasteiger partial charge in [-0.15, -0.1) is 0 Å². The number of methoxy groups -OCH3 is 1. The van der Waals surface area contributed by atoms with Crippen molar-refractivity contribution in [2.75, 3.05) is 7.11 Å². The Morgan fingerprint density at radius 1 is 1.44 bits per heavy atom. The van der Waals surface area contributed by atoms with Crippen LogP contribution in [0.25, 0.3) is 0 Å². The number of carboxylic acid groups (broad SMARTS) is 1. The Bertz CT molecular complexity index is 496. The Hall–Kier alpha value is -2.35. The molecule has 0 saturated heterocycles. The van der Waals surface area contributed by atoms with Gasteiger partial charge in [0.25, 0.3) is 0 Å². The third kappa shape index (κ3) is 2.82. The maximum absolute atomic E-state index is 13.1. The van der Waals surface area contributed by atoms with E-state index in [0.717, 1.165) is 12.1 Å². The summed E-state index contributed by atoms with van der Waals surface area (Å²) in [5.41, 5.74) is -0.239. The highest BCUT2D eigenvalue weighted by Gasteiger charge is 2.09. The summed E-state index contributed by atoms with van der Waals surface area (Å²) in [4.78, 5) is 21.2. The van der Waals surface area contributed by atoms with Gasteiger partial charge in [0.05, 0.1) is 12.7 Å². The summed E-state index contributed by atoms with van der Waals surface area (Å²) >= 11 is 0. The van der Waals surface area contributed by atoms with Gasteiger partial charge in [0.15, 0.2) is 0 Å². The minimum absolute atomic E-state index is 0.202. The second-order valence-electron chi connectivity index (χ2n) is 2.74. The average molecular weight is 222 g/mol. The van der Waals surface area contributed by atoms with Crippen LogP contribution in [0.4, 0.5) is 4.39 Å². The molecule has 4 nitrogen and oxygen atoms in total. The van der Waals surface area contributed by atoms with E-state index < -0.39 is 23.3 Å². The predicted molar refractivity (Wildman–Crippen MR) is 52.3 cm³/mol. The summed E-state index contributed by atoms with van der Waals surface area (Å²) in [6.07, 6.45) is 0. The number of carboxylic acids is 1. The first-order valence-electron chi connectivity index (χ1n) is 4.17. The van der Waals surface area contributed by atoms with Gasteiger partial charge in [0.2, 0.25) is 0 Å². The largest absolute Gasteiger partial charge is 0.478 e. The van der Waals surface area contributed by atoms with Gasteiger partial charge in [0, 0.05) is 11.5 Å². The molecule has 0 atom stereocenters. The highest BCUT2D eigenvalue weighted by atomic mass is 19.1. The number of carbonyl (C=O) groups is 2. The van der Waals surface area contributed by atoms with Crippen LogP contribution in [0.15, 0.2) is 18.2 Å². The Balaban J connectivity index is 3.01. The lowest BCUT2D eigenvalue weighted by atomic mass is 10.1. The number of esters is 1. The van der Waals surface area contributed by atoms with Crippen molar-refractivity contribution in [1.82, 2.24) is 0 Å². The van der Waals surface area contributed by atoms with Gasteiger partial charge in [-0.1, -0.05) is 5.92 Å².